The van der Waals surface area contributed by atoms with Crippen molar-refractivity contribution in [1.29, 1.82) is 0 Å². The summed E-state index contributed by atoms with van der Waals surface area (Å²) in [5.74, 6) is -0.618. The Morgan fingerprint density at radius 1 is 1.32 bits per heavy atom. The lowest BCUT2D eigenvalue weighted by atomic mass is 10.2. The smallest absolute Gasteiger partial charge is 0.267 e. The summed E-state index contributed by atoms with van der Waals surface area (Å²) in [6, 6.07) is 6.25. The van der Waals surface area contributed by atoms with Crippen molar-refractivity contribution in [3.8, 4) is 5.75 Å². The summed E-state index contributed by atoms with van der Waals surface area (Å²) in [4.78, 5) is 22.9. The molecule has 19 heavy (non-hydrogen) atoms. The minimum atomic E-state index is -0.409. The van der Waals surface area contributed by atoms with Gasteiger partial charge < -0.3 is 21.5 Å². The molecule has 0 bridgehead atoms. The molecule has 0 fully saturated rings. The highest BCUT2D eigenvalue weighted by atomic mass is 16.3. The predicted molar refractivity (Wildman–Crippen MR) is 72.0 cm³/mol. The summed E-state index contributed by atoms with van der Waals surface area (Å²) in [5, 5.41) is 14.2. The molecule has 0 saturated carbocycles. The molecule has 0 aliphatic carbocycles. The first-order chi connectivity index (χ1) is 9.02. The van der Waals surface area contributed by atoms with E-state index in [1.807, 2.05) is 0 Å². The molecule has 0 saturated heterocycles. The van der Waals surface area contributed by atoms with Gasteiger partial charge in [0.1, 0.15) is 11.4 Å². The molecule has 1 aromatic carbocycles. The minimum Gasteiger partial charge on any atom is -0.508 e. The van der Waals surface area contributed by atoms with Crippen LogP contribution in [0.2, 0.25) is 0 Å². The molecule has 6 heteroatoms. The van der Waals surface area contributed by atoms with Crippen molar-refractivity contribution in [3.63, 3.8) is 0 Å². The molecule has 0 heterocycles. The maximum atomic E-state index is 11.8. The molecule has 1 aromatic rings. The number of aromatic hydroxyl groups is 1. The number of hydrogen-bond donors (Lipinski definition) is 4. The number of phenols is 1. The van der Waals surface area contributed by atoms with Gasteiger partial charge in [0, 0.05) is 20.0 Å². The van der Waals surface area contributed by atoms with Gasteiger partial charge >= 0.3 is 0 Å². The van der Waals surface area contributed by atoms with Crippen LogP contribution < -0.4 is 16.4 Å². The molecule has 1 rings (SSSR count). The molecular weight excluding hydrogens is 246 g/mol. The largest absolute Gasteiger partial charge is 0.508 e. The zero-order chi connectivity index (χ0) is 14.3. The van der Waals surface area contributed by atoms with Gasteiger partial charge in [-0.2, -0.15) is 0 Å². The van der Waals surface area contributed by atoms with Crippen LogP contribution >= 0.6 is 0 Å². The van der Waals surface area contributed by atoms with E-state index in [1.54, 1.807) is 12.1 Å². The van der Waals surface area contributed by atoms with Gasteiger partial charge in [0.25, 0.3) is 5.91 Å². The average molecular weight is 263 g/mol. The number of benzene rings is 1. The van der Waals surface area contributed by atoms with Crippen LogP contribution in [0.4, 0.5) is 0 Å². The number of carbonyl (C=O) groups is 2. The first-order valence-corrected chi connectivity index (χ1v) is 5.79. The topological polar surface area (TPSA) is 104 Å². The van der Waals surface area contributed by atoms with Crippen molar-refractivity contribution < 1.29 is 14.7 Å². The predicted octanol–water partition coefficient (Wildman–Crippen LogP) is -0.0559. The Morgan fingerprint density at radius 3 is 2.47 bits per heavy atom. The maximum Gasteiger partial charge on any atom is 0.267 e. The molecule has 0 spiro atoms. The molecule has 5 N–H and O–H groups in total. The van der Waals surface area contributed by atoms with Gasteiger partial charge in [-0.25, -0.2) is 0 Å². The van der Waals surface area contributed by atoms with Gasteiger partial charge in [-0.05, 0) is 23.8 Å². The molecule has 102 valence electrons. The quantitative estimate of drug-likeness (QED) is 0.559. The van der Waals surface area contributed by atoms with E-state index in [0.717, 1.165) is 0 Å². The second kappa shape index (κ2) is 7.17. The first-order valence-electron chi connectivity index (χ1n) is 5.79. The van der Waals surface area contributed by atoms with Gasteiger partial charge in [-0.1, -0.05) is 12.1 Å². The van der Waals surface area contributed by atoms with Crippen molar-refractivity contribution >= 4 is 17.9 Å². The maximum absolute atomic E-state index is 11.8. The van der Waals surface area contributed by atoms with Gasteiger partial charge in [0.15, 0.2) is 0 Å². The fourth-order valence-electron chi connectivity index (χ4n) is 1.37. The van der Waals surface area contributed by atoms with E-state index in [1.165, 1.54) is 25.1 Å². The second-order valence-corrected chi connectivity index (χ2v) is 3.88. The minimum absolute atomic E-state index is 0.130. The van der Waals surface area contributed by atoms with Crippen LogP contribution in [0.15, 0.2) is 30.0 Å². The van der Waals surface area contributed by atoms with E-state index < -0.39 is 5.91 Å². The zero-order valence-electron chi connectivity index (χ0n) is 10.6. The number of carbonyl (C=O) groups excluding carboxylic acids is 2. The number of rotatable bonds is 5. The van der Waals surface area contributed by atoms with Crippen molar-refractivity contribution in [2.24, 2.45) is 5.73 Å². The first kappa shape index (κ1) is 14.7. The third-order valence-corrected chi connectivity index (χ3v) is 2.19. The van der Waals surface area contributed by atoms with E-state index in [-0.39, 0.29) is 17.4 Å². The van der Waals surface area contributed by atoms with Gasteiger partial charge in [0.2, 0.25) is 5.91 Å². The third kappa shape index (κ3) is 5.22. The summed E-state index contributed by atoms with van der Waals surface area (Å²) < 4.78 is 0. The van der Waals surface area contributed by atoms with Crippen LogP contribution in [0, 0.1) is 0 Å². The summed E-state index contributed by atoms with van der Waals surface area (Å²) >= 11 is 0. The van der Waals surface area contributed by atoms with Crippen LogP contribution in [-0.2, 0) is 9.59 Å². The van der Waals surface area contributed by atoms with E-state index >= 15 is 0 Å². The average Bonchev–Trinajstić information content (AvgIpc) is 2.37. The highest BCUT2D eigenvalue weighted by Gasteiger charge is 2.10. The van der Waals surface area contributed by atoms with E-state index in [9.17, 15) is 14.7 Å². The van der Waals surface area contributed by atoms with Crippen LogP contribution in [0.5, 0.6) is 5.75 Å². The standard InChI is InChI=1S/C13H17N3O3/c1-9(17)16-12(13(19)15-7-6-14)8-10-2-4-11(18)5-3-10/h2-5,8,18H,6-7,14H2,1H3,(H,15,19)(H,16,17)/b12-8-. The zero-order valence-corrected chi connectivity index (χ0v) is 10.6. The number of phenolic OH excluding ortho intramolecular Hbond substituents is 1. The van der Waals surface area contributed by atoms with Crippen molar-refractivity contribution in [1.82, 2.24) is 10.6 Å². The Balaban J connectivity index is 2.91. The Kier molecular flexibility index (Phi) is 5.56. The van der Waals surface area contributed by atoms with Crippen molar-refractivity contribution in [2.45, 2.75) is 6.92 Å². The molecule has 0 aliphatic heterocycles. The summed E-state index contributed by atoms with van der Waals surface area (Å²) in [7, 11) is 0. The van der Waals surface area contributed by atoms with Crippen LogP contribution in [0.1, 0.15) is 12.5 Å². The fraction of sp³-hybridized carbons (Fsp3) is 0.231. The van der Waals surface area contributed by atoms with Crippen molar-refractivity contribution in [3.05, 3.63) is 35.5 Å². The van der Waals surface area contributed by atoms with Gasteiger partial charge in [0.05, 0.1) is 0 Å². The molecule has 6 nitrogen and oxygen atoms in total. The van der Waals surface area contributed by atoms with E-state index in [4.69, 9.17) is 5.73 Å². The molecule has 0 radical (unpaired) electrons. The monoisotopic (exact) mass is 263 g/mol. The molecule has 0 aliphatic rings. The highest BCUT2D eigenvalue weighted by Crippen LogP contribution is 2.12. The van der Waals surface area contributed by atoms with Gasteiger partial charge in [-0.15, -0.1) is 0 Å². The SMILES string of the molecule is CC(=O)N/C(=C\c1ccc(O)cc1)C(=O)NCCN. The van der Waals surface area contributed by atoms with Gasteiger partial charge in [-0.3, -0.25) is 9.59 Å². The van der Waals surface area contributed by atoms with E-state index in [2.05, 4.69) is 10.6 Å². The Hall–Kier alpha value is -2.34. The summed E-state index contributed by atoms with van der Waals surface area (Å²) in [5.41, 5.74) is 6.11. The Labute approximate surface area is 111 Å². The third-order valence-electron chi connectivity index (χ3n) is 2.19. The number of amides is 2. The van der Waals surface area contributed by atoms with Crippen LogP contribution in [-0.4, -0.2) is 30.0 Å². The number of nitrogens with one attached hydrogen (secondary N) is 2. The molecular formula is C13H17N3O3. The van der Waals surface area contributed by atoms with Crippen molar-refractivity contribution in [2.75, 3.05) is 13.1 Å². The lowest BCUT2D eigenvalue weighted by Gasteiger charge is -2.09. The highest BCUT2D eigenvalue weighted by molar-refractivity contribution is 6.00. The Morgan fingerprint density at radius 2 is 1.95 bits per heavy atom. The lowest BCUT2D eigenvalue weighted by molar-refractivity contribution is -0.122. The molecule has 0 unspecified atom stereocenters. The summed E-state index contributed by atoms with van der Waals surface area (Å²) in [6.07, 6.45) is 1.52. The second-order valence-electron chi connectivity index (χ2n) is 3.88. The number of hydrogen-bond acceptors (Lipinski definition) is 4. The van der Waals surface area contributed by atoms with E-state index in [0.29, 0.717) is 18.7 Å². The Bertz CT molecular complexity index is 480. The van der Waals surface area contributed by atoms with Crippen LogP contribution in [0.3, 0.4) is 0 Å². The fourth-order valence-corrected chi connectivity index (χ4v) is 1.37. The molecule has 2 amide bonds. The number of nitrogens with two attached hydrogens (primary N) is 1. The normalized spacial score (nSPS) is 10.9. The molecule has 0 atom stereocenters. The lowest BCUT2D eigenvalue weighted by Crippen LogP contribution is -2.36. The summed E-state index contributed by atoms with van der Waals surface area (Å²) in [6.45, 7) is 1.96. The molecule has 0 aromatic heterocycles. The van der Waals surface area contributed by atoms with Crippen LogP contribution in [0.25, 0.3) is 6.08 Å².